The van der Waals surface area contributed by atoms with Crippen molar-refractivity contribution < 1.29 is 22.7 Å². The van der Waals surface area contributed by atoms with Crippen LogP contribution in [-0.4, -0.2) is 22.4 Å². The van der Waals surface area contributed by atoms with Crippen molar-refractivity contribution in [2.45, 2.75) is 26.4 Å². The molecule has 4 nitrogen and oxygen atoms in total. The first-order chi connectivity index (χ1) is 10.4. The highest BCUT2D eigenvalue weighted by Crippen LogP contribution is 2.29. The first-order valence-corrected chi connectivity index (χ1v) is 6.80. The Bertz CT molecular complexity index is 660. The van der Waals surface area contributed by atoms with Gasteiger partial charge in [-0.15, -0.1) is 0 Å². The second-order valence-electron chi connectivity index (χ2n) is 4.55. The van der Waals surface area contributed by atoms with Gasteiger partial charge in [0.25, 0.3) is 0 Å². The highest BCUT2D eigenvalue weighted by Gasteiger charge is 2.30. The predicted octanol–water partition coefficient (Wildman–Crippen LogP) is 3.63. The minimum atomic E-state index is -4.40. The number of aryl methyl sites for hydroxylation is 1. The van der Waals surface area contributed by atoms with Gasteiger partial charge in [0.1, 0.15) is 0 Å². The summed E-state index contributed by atoms with van der Waals surface area (Å²) in [6.45, 7) is 3.75. The molecule has 0 bridgehead atoms. The summed E-state index contributed by atoms with van der Waals surface area (Å²) in [7, 11) is 0. The molecule has 0 spiro atoms. The van der Waals surface area contributed by atoms with Gasteiger partial charge in [-0.25, -0.2) is 9.48 Å². The van der Waals surface area contributed by atoms with Crippen molar-refractivity contribution >= 4 is 5.97 Å². The number of hydrogen-bond acceptors (Lipinski definition) is 3. The molecule has 0 N–H and O–H groups in total. The van der Waals surface area contributed by atoms with E-state index in [1.807, 2.05) is 6.92 Å². The van der Waals surface area contributed by atoms with E-state index in [9.17, 15) is 18.0 Å². The zero-order valence-corrected chi connectivity index (χ0v) is 12.1. The van der Waals surface area contributed by atoms with E-state index in [2.05, 4.69) is 5.10 Å². The Balaban J connectivity index is 2.43. The van der Waals surface area contributed by atoms with Crippen molar-refractivity contribution in [3.63, 3.8) is 0 Å². The topological polar surface area (TPSA) is 44.1 Å². The van der Waals surface area contributed by atoms with Crippen molar-refractivity contribution in [3.8, 4) is 5.69 Å². The van der Waals surface area contributed by atoms with Gasteiger partial charge in [-0.2, -0.15) is 18.3 Å². The fraction of sp³-hybridized carbons (Fsp3) is 0.333. The summed E-state index contributed by atoms with van der Waals surface area (Å²) < 4.78 is 44.0. The van der Waals surface area contributed by atoms with Crippen LogP contribution in [0.1, 0.15) is 35.6 Å². The summed E-state index contributed by atoms with van der Waals surface area (Å²) in [6.07, 6.45) is -3.80. The van der Waals surface area contributed by atoms with E-state index in [1.165, 1.54) is 16.8 Å². The minimum absolute atomic E-state index is 0.193. The van der Waals surface area contributed by atoms with Crippen LogP contribution in [0.3, 0.4) is 0 Å². The maximum Gasteiger partial charge on any atom is 0.416 e. The van der Waals surface area contributed by atoms with Crippen LogP contribution in [-0.2, 0) is 17.3 Å². The van der Waals surface area contributed by atoms with E-state index in [1.54, 1.807) is 13.0 Å². The van der Waals surface area contributed by atoms with Gasteiger partial charge in [-0.05, 0) is 43.7 Å². The molecular formula is C15H15F3N2O2. The number of rotatable bonds is 4. The van der Waals surface area contributed by atoms with Crippen LogP contribution in [0.25, 0.3) is 5.69 Å². The van der Waals surface area contributed by atoms with Crippen molar-refractivity contribution in [2.24, 2.45) is 0 Å². The van der Waals surface area contributed by atoms with Gasteiger partial charge in [0.2, 0.25) is 0 Å². The molecule has 0 unspecified atom stereocenters. The highest BCUT2D eigenvalue weighted by molar-refractivity contribution is 5.88. The molecule has 0 atom stereocenters. The molecule has 0 radical (unpaired) electrons. The molecular weight excluding hydrogens is 297 g/mol. The lowest BCUT2D eigenvalue weighted by molar-refractivity contribution is -0.137. The summed E-state index contributed by atoms with van der Waals surface area (Å²) in [5, 5.41) is 4.23. The quantitative estimate of drug-likeness (QED) is 0.810. The molecule has 0 saturated heterocycles. The molecule has 2 aromatic rings. The standard InChI is InChI=1S/C15H15F3N2O2/c1-3-11-9-13(14(21)22-4-2)20(19-11)12-7-5-10(6-8-12)15(16,17)18/h5-9H,3-4H2,1-2H3. The van der Waals surface area contributed by atoms with Crippen LogP contribution < -0.4 is 0 Å². The van der Waals surface area contributed by atoms with Crippen LogP contribution in [0.5, 0.6) is 0 Å². The largest absolute Gasteiger partial charge is 0.461 e. The van der Waals surface area contributed by atoms with Gasteiger partial charge >= 0.3 is 12.1 Å². The summed E-state index contributed by atoms with van der Waals surface area (Å²) in [5.41, 5.74) is 0.467. The average Bonchev–Trinajstić information content (AvgIpc) is 2.91. The maximum absolute atomic E-state index is 12.6. The number of carbonyl (C=O) groups excluding carboxylic acids is 1. The van der Waals surface area contributed by atoms with Gasteiger partial charge in [0, 0.05) is 0 Å². The smallest absolute Gasteiger partial charge is 0.416 e. The van der Waals surface area contributed by atoms with Crippen LogP contribution in [0.4, 0.5) is 13.2 Å². The Labute approximate surface area is 125 Å². The summed E-state index contributed by atoms with van der Waals surface area (Å²) in [4.78, 5) is 11.9. The number of ether oxygens (including phenoxy) is 1. The Morgan fingerprint density at radius 1 is 1.23 bits per heavy atom. The third kappa shape index (κ3) is 3.29. The number of benzene rings is 1. The number of halogens is 3. The third-order valence-corrected chi connectivity index (χ3v) is 3.05. The molecule has 118 valence electrons. The zero-order chi connectivity index (χ0) is 16.3. The van der Waals surface area contributed by atoms with Gasteiger partial charge in [0.05, 0.1) is 23.6 Å². The number of hydrogen-bond donors (Lipinski definition) is 0. The van der Waals surface area contributed by atoms with Crippen LogP contribution in [0.2, 0.25) is 0 Å². The number of aromatic nitrogens is 2. The Kier molecular flexibility index (Phi) is 4.54. The molecule has 0 aliphatic rings. The molecule has 22 heavy (non-hydrogen) atoms. The summed E-state index contributed by atoms with van der Waals surface area (Å²) >= 11 is 0. The summed E-state index contributed by atoms with van der Waals surface area (Å²) in [6, 6.07) is 6.04. The molecule has 1 heterocycles. The maximum atomic E-state index is 12.6. The lowest BCUT2D eigenvalue weighted by atomic mass is 10.2. The van der Waals surface area contributed by atoms with E-state index >= 15 is 0 Å². The van der Waals surface area contributed by atoms with Gasteiger partial charge in [0.15, 0.2) is 5.69 Å². The van der Waals surface area contributed by atoms with Crippen molar-refractivity contribution in [2.75, 3.05) is 6.61 Å². The first kappa shape index (κ1) is 16.1. The van der Waals surface area contributed by atoms with Gasteiger partial charge in [-0.1, -0.05) is 6.92 Å². The summed E-state index contributed by atoms with van der Waals surface area (Å²) in [5.74, 6) is -0.561. The second kappa shape index (κ2) is 6.21. The molecule has 1 aromatic heterocycles. The number of carbonyl (C=O) groups is 1. The second-order valence-corrected chi connectivity index (χ2v) is 4.55. The Morgan fingerprint density at radius 3 is 2.36 bits per heavy atom. The third-order valence-electron chi connectivity index (χ3n) is 3.05. The minimum Gasteiger partial charge on any atom is -0.461 e. The Hall–Kier alpha value is -2.31. The molecule has 0 aliphatic heterocycles. The van der Waals surface area contributed by atoms with Crippen molar-refractivity contribution in [1.82, 2.24) is 9.78 Å². The van der Waals surface area contributed by atoms with E-state index in [-0.39, 0.29) is 12.3 Å². The fourth-order valence-electron chi connectivity index (χ4n) is 1.94. The van der Waals surface area contributed by atoms with Crippen LogP contribution >= 0.6 is 0 Å². The van der Waals surface area contributed by atoms with Crippen LogP contribution in [0, 0.1) is 0 Å². The number of alkyl halides is 3. The van der Waals surface area contributed by atoms with Crippen LogP contribution in [0.15, 0.2) is 30.3 Å². The fourth-order valence-corrected chi connectivity index (χ4v) is 1.94. The molecule has 0 aliphatic carbocycles. The predicted molar refractivity (Wildman–Crippen MR) is 73.9 cm³/mol. The highest BCUT2D eigenvalue weighted by atomic mass is 19.4. The normalized spacial score (nSPS) is 11.5. The lowest BCUT2D eigenvalue weighted by Crippen LogP contribution is -2.12. The van der Waals surface area contributed by atoms with Crippen molar-refractivity contribution in [1.29, 1.82) is 0 Å². The first-order valence-electron chi connectivity index (χ1n) is 6.80. The van der Waals surface area contributed by atoms with E-state index in [0.29, 0.717) is 17.8 Å². The molecule has 7 heteroatoms. The molecule has 0 amide bonds. The molecule has 2 rings (SSSR count). The zero-order valence-electron chi connectivity index (χ0n) is 12.1. The average molecular weight is 312 g/mol. The monoisotopic (exact) mass is 312 g/mol. The Morgan fingerprint density at radius 2 is 1.86 bits per heavy atom. The van der Waals surface area contributed by atoms with E-state index < -0.39 is 17.7 Å². The lowest BCUT2D eigenvalue weighted by Gasteiger charge is -2.09. The van der Waals surface area contributed by atoms with Gasteiger partial charge < -0.3 is 4.74 Å². The number of nitrogens with zero attached hydrogens (tertiary/aromatic N) is 2. The van der Waals surface area contributed by atoms with Gasteiger partial charge in [-0.3, -0.25) is 0 Å². The molecule has 0 fully saturated rings. The SMILES string of the molecule is CCOC(=O)c1cc(CC)nn1-c1ccc(C(F)(F)F)cc1. The van der Waals surface area contributed by atoms with Crippen molar-refractivity contribution in [3.05, 3.63) is 47.3 Å². The molecule has 1 aromatic carbocycles. The molecule has 0 saturated carbocycles. The van der Waals surface area contributed by atoms with E-state index in [0.717, 1.165) is 12.1 Å². The number of esters is 1. The van der Waals surface area contributed by atoms with E-state index in [4.69, 9.17) is 4.74 Å².